The van der Waals surface area contributed by atoms with Crippen molar-refractivity contribution in [2.45, 2.75) is 0 Å². The van der Waals surface area contributed by atoms with Crippen LogP contribution in [0, 0.1) is 0 Å². The van der Waals surface area contributed by atoms with Crippen LogP contribution >= 0.6 is 0 Å². The number of anilines is 2. The van der Waals surface area contributed by atoms with E-state index in [0.29, 0.717) is 11.4 Å². The van der Waals surface area contributed by atoms with Gasteiger partial charge in [0.25, 0.3) is 0 Å². The maximum atomic E-state index is 12.2. The summed E-state index contributed by atoms with van der Waals surface area (Å²) in [6.45, 7) is 0.184. The van der Waals surface area contributed by atoms with E-state index in [-0.39, 0.29) is 12.5 Å². The van der Waals surface area contributed by atoms with Gasteiger partial charge in [0, 0.05) is 5.69 Å². The molecule has 2 N–H and O–H groups in total. The van der Waals surface area contributed by atoms with E-state index >= 15 is 0 Å². The lowest BCUT2D eigenvalue weighted by Crippen LogP contribution is -2.21. The molecule has 24 heavy (non-hydrogen) atoms. The summed E-state index contributed by atoms with van der Waals surface area (Å²) >= 11 is 0. The summed E-state index contributed by atoms with van der Waals surface area (Å²) in [6, 6.07) is 26.5. The zero-order valence-corrected chi connectivity index (χ0v) is 13.1. The Balaban J connectivity index is 1.63. The van der Waals surface area contributed by atoms with Crippen LogP contribution in [0.3, 0.4) is 0 Å². The van der Waals surface area contributed by atoms with E-state index in [1.807, 2.05) is 84.9 Å². The van der Waals surface area contributed by atoms with Gasteiger partial charge in [-0.2, -0.15) is 0 Å². The normalized spacial score (nSPS) is 10.0. The molecule has 0 radical (unpaired) electrons. The highest BCUT2D eigenvalue weighted by atomic mass is 16.5. The minimum Gasteiger partial charge on any atom is -0.455 e. The SMILES string of the molecule is O=C(CNc1ccccc1)Nc1ccccc1Oc1ccccc1. The number of hydrogen-bond donors (Lipinski definition) is 2. The van der Waals surface area contributed by atoms with Crippen LogP contribution in [0.15, 0.2) is 84.9 Å². The van der Waals surface area contributed by atoms with Crippen molar-refractivity contribution in [3.63, 3.8) is 0 Å². The molecule has 3 aromatic rings. The van der Waals surface area contributed by atoms with Crippen LogP contribution in [0.4, 0.5) is 11.4 Å². The molecular formula is C20H18N2O2. The molecule has 0 bridgehead atoms. The highest BCUT2D eigenvalue weighted by Gasteiger charge is 2.08. The second kappa shape index (κ2) is 7.83. The number of amides is 1. The van der Waals surface area contributed by atoms with Gasteiger partial charge in [-0.25, -0.2) is 0 Å². The van der Waals surface area contributed by atoms with E-state index in [9.17, 15) is 4.79 Å². The summed E-state index contributed by atoms with van der Waals surface area (Å²) in [5.41, 5.74) is 1.54. The molecular weight excluding hydrogens is 300 g/mol. The Hall–Kier alpha value is -3.27. The zero-order chi connectivity index (χ0) is 16.6. The second-order valence-electron chi connectivity index (χ2n) is 5.18. The van der Waals surface area contributed by atoms with Gasteiger partial charge in [-0.15, -0.1) is 0 Å². The van der Waals surface area contributed by atoms with Crippen LogP contribution in [0.1, 0.15) is 0 Å². The van der Waals surface area contributed by atoms with Gasteiger partial charge in [-0.3, -0.25) is 4.79 Å². The lowest BCUT2D eigenvalue weighted by Gasteiger charge is -2.12. The predicted octanol–water partition coefficient (Wildman–Crippen LogP) is 4.53. The highest BCUT2D eigenvalue weighted by molar-refractivity contribution is 5.95. The quantitative estimate of drug-likeness (QED) is 0.702. The van der Waals surface area contributed by atoms with Gasteiger partial charge in [0.05, 0.1) is 12.2 Å². The maximum absolute atomic E-state index is 12.2. The van der Waals surface area contributed by atoms with Crippen molar-refractivity contribution in [1.82, 2.24) is 0 Å². The van der Waals surface area contributed by atoms with E-state index in [0.717, 1.165) is 11.4 Å². The number of carbonyl (C=O) groups is 1. The van der Waals surface area contributed by atoms with Crippen LogP contribution in [0.5, 0.6) is 11.5 Å². The van der Waals surface area contributed by atoms with Crippen LogP contribution < -0.4 is 15.4 Å². The fraction of sp³-hybridized carbons (Fsp3) is 0.0500. The van der Waals surface area contributed by atoms with Gasteiger partial charge in [0.1, 0.15) is 5.75 Å². The average Bonchev–Trinajstić information content (AvgIpc) is 2.63. The summed E-state index contributed by atoms with van der Waals surface area (Å²) in [6.07, 6.45) is 0. The minimum absolute atomic E-state index is 0.136. The topological polar surface area (TPSA) is 50.4 Å². The number of nitrogens with one attached hydrogen (secondary N) is 2. The highest BCUT2D eigenvalue weighted by Crippen LogP contribution is 2.28. The lowest BCUT2D eigenvalue weighted by atomic mass is 10.2. The molecule has 4 heteroatoms. The van der Waals surface area contributed by atoms with E-state index in [1.165, 1.54) is 0 Å². The van der Waals surface area contributed by atoms with Crippen molar-refractivity contribution >= 4 is 17.3 Å². The largest absolute Gasteiger partial charge is 0.455 e. The third kappa shape index (κ3) is 4.36. The molecule has 0 aromatic heterocycles. The third-order valence-electron chi connectivity index (χ3n) is 3.36. The molecule has 0 saturated heterocycles. The van der Waals surface area contributed by atoms with Crippen molar-refractivity contribution in [3.8, 4) is 11.5 Å². The summed E-state index contributed by atoms with van der Waals surface area (Å²) in [5.74, 6) is 1.20. The molecule has 4 nitrogen and oxygen atoms in total. The molecule has 120 valence electrons. The Morgan fingerprint density at radius 2 is 1.42 bits per heavy atom. The van der Waals surface area contributed by atoms with E-state index in [2.05, 4.69) is 10.6 Å². The first kappa shape index (κ1) is 15.6. The first-order valence-corrected chi connectivity index (χ1v) is 7.72. The molecule has 0 aliphatic heterocycles. The first-order valence-electron chi connectivity index (χ1n) is 7.72. The number of rotatable bonds is 6. The molecule has 0 fully saturated rings. The molecule has 0 aliphatic rings. The zero-order valence-electron chi connectivity index (χ0n) is 13.1. The average molecular weight is 318 g/mol. The van der Waals surface area contributed by atoms with E-state index < -0.39 is 0 Å². The molecule has 0 atom stereocenters. The molecule has 0 heterocycles. The smallest absolute Gasteiger partial charge is 0.243 e. The molecule has 3 aromatic carbocycles. The third-order valence-corrected chi connectivity index (χ3v) is 3.36. The Morgan fingerprint density at radius 1 is 0.792 bits per heavy atom. The summed E-state index contributed by atoms with van der Waals surface area (Å²) in [4.78, 5) is 12.2. The number of para-hydroxylation sites is 4. The number of carbonyl (C=O) groups excluding carboxylic acids is 1. The van der Waals surface area contributed by atoms with Crippen molar-refractivity contribution < 1.29 is 9.53 Å². The van der Waals surface area contributed by atoms with Crippen LogP contribution in [-0.2, 0) is 4.79 Å². The fourth-order valence-electron chi connectivity index (χ4n) is 2.21. The number of benzene rings is 3. The van der Waals surface area contributed by atoms with Crippen molar-refractivity contribution in [2.24, 2.45) is 0 Å². The van der Waals surface area contributed by atoms with Gasteiger partial charge in [0.15, 0.2) is 5.75 Å². The van der Waals surface area contributed by atoms with Gasteiger partial charge in [0.2, 0.25) is 5.91 Å². The molecule has 0 saturated carbocycles. The summed E-state index contributed by atoms with van der Waals surface area (Å²) < 4.78 is 5.84. The van der Waals surface area contributed by atoms with E-state index in [1.54, 1.807) is 0 Å². The molecule has 0 aliphatic carbocycles. The Morgan fingerprint density at radius 3 is 2.17 bits per heavy atom. The fourth-order valence-corrected chi connectivity index (χ4v) is 2.21. The van der Waals surface area contributed by atoms with Crippen LogP contribution in [-0.4, -0.2) is 12.5 Å². The van der Waals surface area contributed by atoms with Gasteiger partial charge in [-0.05, 0) is 36.4 Å². The number of hydrogen-bond acceptors (Lipinski definition) is 3. The van der Waals surface area contributed by atoms with Crippen molar-refractivity contribution in [2.75, 3.05) is 17.2 Å². The molecule has 1 amide bonds. The lowest BCUT2D eigenvalue weighted by molar-refractivity contribution is -0.114. The van der Waals surface area contributed by atoms with Gasteiger partial charge >= 0.3 is 0 Å². The Bertz CT molecular complexity index is 789. The second-order valence-corrected chi connectivity index (χ2v) is 5.18. The Labute approximate surface area is 141 Å². The maximum Gasteiger partial charge on any atom is 0.243 e. The minimum atomic E-state index is -0.136. The van der Waals surface area contributed by atoms with Crippen molar-refractivity contribution in [3.05, 3.63) is 84.9 Å². The predicted molar refractivity (Wildman–Crippen MR) is 96.5 cm³/mol. The summed E-state index contributed by atoms with van der Waals surface area (Å²) in [5, 5.41) is 5.96. The summed E-state index contributed by atoms with van der Waals surface area (Å²) in [7, 11) is 0. The van der Waals surface area contributed by atoms with Crippen LogP contribution in [0.2, 0.25) is 0 Å². The van der Waals surface area contributed by atoms with Crippen molar-refractivity contribution in [1.29, 1.82) is 0 Å². The first-order chi connectivity index (χ1) is 11.8. The van der Waals surface area contributed by atoms with Gasteiger partial charge < -0.3 is 15.4 Å². The molecule has 3 rings (SSSR count). The monoisotopic (exact) mass is 318 g/mol. The van der Waals surface area contributed by atoms with Gasteiger partial charge in [-0.1, -0.05) is 48.5 Å². The molecule has 0 spiro atoms. The molecule has 0 unspecified atom stereocenters. The Kier molecular flexibility index (Phi) is 5.10. The van der Waals surface area contributed by atoms with Crippen LogP contribution in [0.25, 0.3) is 0 Å². The standard InChI is InChI=1S/C20H18N2O2/c23-20(15-21-16-9-3-1-4-10-16)22-18-13-7-8-14-19(18)24-17-11-5-2-6-12-17/h1-14,21H,15H2,(H,22,23). The van der Waals surface area contributed by atoms with E-state index in [4.69, 9.17) is 4.74 Å². The number of ether oxygens (including phenoxy) is 1.